The van der Waals surface area contributed by atoms with Gasteiger partial charge in [0, 0.05) is 24.7 Å². The predicted octanol–water partition coefficient (Wildman–Crippen LogP) is 2.21. The maximum absolute atomic E-state index is 12.3. The minimum Gasteiger partial charge on any atom is -0.363 e. The molecule has 0 bridgehead atoms. The van der Waals surface area contributed by atoms with Crippen LogP contribution >= 0.6 is 0 Å². The van der Waals surface area contributed by atoms with Crippen LogP contribution in [0.1, 0.15) is 32.1 Å². The molecule has 2 saturated heterocycles. The molecular weight excluding hydrogens is 304 g/mol. The number of benzene rings is 1. The number of hydrogen-bond donors (Lipinski definition) is 0. The van der Waals surface area contributed by atoms with Crippen LogP contribution in [0.4, 0.5) is 5.69 Å². The van der Waals surface area contributed by atoms with E-state index in [1.54, 1.807) is 0 Å². The van der Waals surface area contributed by atoms with Crippen molar-refractivity contribution in [1.29, 1.82) is 0 Å². The molecular formula is C19H24N2O3. The van der Waals surface area contributed by atoms with Gasteiger partial charge in [0.1, 0.15) is 6.61 Å². The highest BCUT2D eigenvalue weighted by molar-refractivity contribution is 5.95. The summed E-state index contributed by atoms with van der Waals surface area (Å²) >= 11 is 0. The Hall–Kier alpha value is -1.88. The first-order chi connectivity index (χ1) is 11.7. The monoisotopic (exact) mass is 328 g/mol. The second-order valence-electron chi connectivity index (χ2n) is 7.24. The Morgan fingerprint density at radius 3 is 2.67 bits per heavy atom. The maximum Gasteiger partial charge on any atom is 0.253 e. The first-order valence-corrected chi connectivity index (χ1v) is 8.95. The predicted molar refractivity (Wildman–Crippen MR) is 90.6 cm³/mol. The minimum absolute atomic E-state index is 0.0157. The SMILES string of the molecule is O=C(C1CC1)N1CCCC2(CC1)CN(c1ccccc1)C(=O)CO2. The van der Waals surface area contributed by atoms with Gasteiger partial charge in [-0.15, -0.1) is 0 Å². The minimum atomic E-state index is -0.317. The van der Waals surface area contributed by atoms with Crippen LogP contribution in [-0.2, 0) is 14.3 Å². The molecule has 1 aromatic rings. The number of nitrogens with zero attached hydrogens (tertiary/aromatic N) is 2. The fourth-order valence-electron chi connectivity index (χ4n) is 3.84. The Morgan fingerprint density at radius 1 is 1.12 bits per heavy atom. The van der Waals surface area contributed by atoms with Crippen molar-refractivity contribution in [1.82, 2.24) is 4.90 Å². The third kappa shape index (κ3) is 3.05. The van der Waals surface area contributed by atoms with Gasteiger partial charge in [-0.3, -0.25) is 9.59 Å². The van der Waals surface area contributed by atoms with Gasteiger partial charge in [0.05, 0.1) is 12.1 Å². The standard InChI is InChI=1S/C19H24N2O3/c22-17-13-24-19(14-21(17)16-5-2-1-3-6-16)9-4-11-20(12-10-19)18(23)15-7-8-15/h1-3,5-6,15H,4,7-14H2. The van der Waals surface area contributed by atoms with Gasteiger partial charge in [0.25, 0.3) is 5.91 Å². The summed E-state index contributed by atoms with van der Waals surface area (Å²) in [6.07, 6.45) is 4.75. The number of anilines is 1. The fourth-order valence-corrected chi connectivity index (χ4v) is 3.84. The summed E-state index contributed by atoms with van der Waals surface area (Å²) in [5.74, 6) is 0.606. The Labute approximate surface area is 142 Å². The van der Waals surface area contributed by atoms with Crippen LogP contribution in [-0.4, -0.2) is 48.6 Å². The number of hydrogen-bond acceptors (Lipinski definition) is 3. The average molecular weight is 328 g/mol. The summed E-state index contributed by atoms with van der Waals surface area (Å²) in [4.78, 5) is 28.5. The van der Waals surface area contributed by atoms with Crippen molar-refractivity contribution in [2.45, 2.75) is 37.7 Å². The Kier molecular flexibility index (Phi) is 4.04. The lowest BCUT2D eigenvalue weighted by molar-refractivity contribution is -0.141. The summed E-state index contributed by atoms with van der Waals surface area (Å²) in [6, 6.07) is 9.80. The molecule has 1 spiro atoms. The highest BCUT2D eigenvalue weighted by Crippen LogP contribution is 2.35. The lowest BCUT2D eigenvalue weighted by atomic mass is 9.92. The van der Waals surface area contributed by atoms with Crippen LogP contribution in [0.25, 0.3) is 0 Å². The topological polar surface area (TPSA) is 49.9 Å². The third-order valence-electron chi connectivity index (χ3n) is 5.45. The van der Waals surface area contributed by atoms with Crippen molar-refractivity contribution >= 4 is 17.5 Å². The molecule has 0 radical (unpaired) electrons. The molecule has 0 N–H and O–H groups in total. The molecule has 5 nitrogen and oxygen atoms in total. The van der Waals surface area contributed by atoms with E-state index in [9.17, 15) is 9.59 Å². The number of ether oxygens (including phenoxy) is 1. The molecule has 1 atom stereocenters. The number of rotatable bonds is 2. The second-order valence-corrected chi connectivity index (χ2v) is 7.24. The van der Waals surface area contributed by atoms with E-state index >= 15 is 0 Å². The summed E-state index contributed by atoms with van der Waals surface area (Å²) in [5, 5.41) is 0. The van der Waals surface area contributed by atoms with Crippen LogP contribution in [0.2, 0.25) is 0 Å². The highest BCUT2D eigenvalue weighted by Gasteiger charge is 2.43. The molecule has 2 heterocycles. The first kappa shape index (κ1) is 15.6. The fraction of sp³-hybridized carbons (Fsp3) is 0.579. The molecule has 1 aromatic carbocycles. The number of carbonyl (C=O) groups excluding carboxylic acids is 2. The van der Waals surface area contributed by atoms with Crippen molar-refractivity contribution in [3.05, 3.63) is 30.3 Å². The van der Waals surface area contributed by atoms with Gasteiger partial charge in [0.2, 0.25) is 5.91 Å². The van der Waals surface area contributed by atoms with Crippen LogP contribution in [0.3, 0.4) is 0 Å². The van der Waals surface area contributed by atoms with E-state index in [1.165, 1.54) is 0 Å². The summed E-state index contributed by atoms with van der Waals surface area (Å²) < 4.78 is 6.03. The summed E-state index contributed by atoms with van der Waals surface area (Å²) in [6.45, 7) is 2.28. The van der Waals surface area contributed by atoms with Gasteiger partial charge >= 0.3 is 0 Å². The van der Waals surface area contributed by atoms with Gasteiger partial charge in [-0.1, -0.05) is 18.2 Å². The van der Waals surface area contributed by atoms with Gasteiger partial charge < -0.3 is 14.5 Å². The number of carbonyl (C=O) groups is 2. The maximum atomic E-state index is 12.3. The van der Waals surface area contributed by atoms with E-state index in [1.807, 2.05) is 40.1 Å². The van der Waals surface area contributed by atoms with E-state index in [0.717, 1.165) is 50.9 Å². The average Bonchev–Trinajstić information content (AvgIpc) is 3.46. The molecule has 1 saturated carbocycles. The molecule has 0 aromatic heterocycles. The summed E-state index contributed by atoms with van der Waals surface area (Å²) in [5.41, 5.74) is 0.614. The van der Waals surface area contributed by atoms with E-state index < -0.39 is 0 Å². The zero-order valence-corrected chi connectivity index (χ0v) is 13.9. The zero-order valence-electron chi connectivity index (χ0n) is 13.9. The largest absolute Gasteiger partial charge is 0.363 e. The zero-order chi connectivity index (χ0) is 16.6. The number of morpholine rings is 1. The van der Waals surface area contributed by atoms with Crippen LogP contribution < -0.4 is 4.90 Å². The van der Waals surface area contributed by atoms with E-state index in [-0.39, 0.29) is 24.0 Å². The molecule has 24 heavy (non-hydrogen) atoms. The van der Waals surface area contributed by atoms with Crippen molar-refractivity contribution < 1.29 is 14.3 Å². The smallest absolute Gasteiger partial charge is 0.253 e. The number of likely N-dealkylation sites (tertiary alicyclic amines) is 1. The van der Waals surface area contributed by atoms with Gasteiger partial charge in [-0.2, -0.15) is 0 Å². The molecule has 5 heteroatoms. The lowest BCUT2D eigenvalue weighted by Crippen LogP contribution is -2.55. The Balaban J connectivity index is 1.48. The molecule has 1 aliphatic carbocycles. The number of para-hydroxylation sites is 1. The van der Waals surface area contributed by atoms with E-state index in [4.69, 9.17) is 4.74 Å². The Morgan fingerprint density at radius 2 is 1.92 bits per heavy atom. The molecule has 1 unspecified atom stereocenters. The molecule has 3 fully saturated rings. The Bertz CT molecular complexity index is 629. The van der Waals surface area contributed by atoms with Crippen molar-refractivity contribution in [3.63, 3.8) is 0 Å². The molecule has 128 valence electrons. The second kappa shape index (κ2) is 6.20. The van der Waals surface area contributed by atoms with Crippen LogP contribution in [0.5, 0.6) is 0 Å². The summed E-state index contributed by atoms with van der Waals surface area (Å²) in [7, 11) is 0. The molecule has 2 amide bonds. The number of amides is 2. The first-order valence-electron chi connectivity index (χ1n) is 8.95. The van der Waals surface area contributed by atoms with Crippen molar-refractivity contribution in [2.75, 3.05) is 31.1 Å². The third-order valence-corrected chi connectivity index (χ3v) is 5.45. The van der Waals surface area contributed by atoms with Crippen LogP contribution in [0, 0.1) is 5.92 Å². The van der Waals surface area contributed by atoms with Gasteiger partial charge in [-0.05, 0) is 44.2 Å². The highest BCUT2D eigenvalue weighted by atomic mass is 16.5. The van der Waals surface area contributed by atoms with E-state index in [2.05, 4.69) is 0 Å². The normalized spacial score (nSPS) is 28.1. The molecule has 3 aliphatic rings. The van der Waals surface area contributed by atoms with Crippen LogP contribution in [0.15, 0.2) is 30.3 Å². The van der Waals surface area contributed by atoms with Gasteiger partial charge in [0.15, 0.2) is 0 Å². The lowest BCUT2D eigenvalue weighted by Gasteiger charge is -2.42. The quantitative estimate of drug-likeness (QED) is 0.836. The molecule has 2 aliphatic heterocycles. The van der Waals surface area contributed by atoms with Crippen molar-refractivity contribution in [2.24, 2.45) is 5.92 Å². The van der Waals surface area contributed by atoms with E-state index in [0.29, 0.717) is 12.5 Å². The molecule has 4 rings (SSSR count). The van der Waals surface area contributed by atoms with Crippen molar-refractivity contribution in [3.8, 4) is 0 Å². The van der Waals surface area contributed by atoms with Gasteiger partial charge in [-0.25, -0.2) is 0 Å².